The summed E-state index contributed by atoms with van der Waals surface area (Å²) >= 11 is 0. The number of benzene rings is 1. The van der Waals surface area contributed by atoms with Gasteiger partial charge in [0.1, 0.15) is 16.9 Å². The van der Waals surface area contributed by atoms with Gasteiger partial charge in [-0.25, -0.2) is 9.97 Å². The van der Waals surface area contributed by atoms with Crippen LogP contribution in [0.4, 0.5) is 0 Å². The van der Waals surface area contributed by atoms with E-state index in [2.05, 4.69) is 0 Å². The fraction of sp³-hybridized carbons (Fsp3) is 0.350. The number of ether oxygens (including phenoxy) is 2. The third kappa shape index (κ3) is 2.57. The minimum atomic E-state index is -0.360. The van der Waals surface area contributed by atoms with Crippen LogP contribution in [-0.2, 0) is 16.1 Å². The maximum absolute atomic E-state index is 11.7. The van der Waals surface area contributed by atoms with Crippen LogP contribution in [0.1, 0.15) is 25.6 Å². The number of aryl methyl sites for hydroxylation is 1. The zero-order valence-electron chi connectivity index (χ0n) is 15.3. The van der Waals surface area contributed by atoms with Crippen molar-refractivity contribution in [3.05, 3.63) is 36.3 Å². The van der Waals surface area contributed by atoms with Gasteiger partial charge in [0.05, 0.1) is 23.7 Å². The molecule has 1 atom stereocenters. The molecular weight excluding hydrogens is 344 g/mol. The highest BCUT2D eigenvalue weighted by Gasteiger charge is 2.23. The molecule has 0 saturated carbocycles. The van der Waals surface area contributed by atoms with Crippen LogP contribution in [0.25, 0.3) is 27.7 Å². The molecule has 0 spiro atoms. The number of aromatic nitrogens is 4. The number of carbonyl (C=O) groups is 1. The molecule has 1 fully saturated rings. The molecule has 5 rings (SSSR count). The third-order valence-corrected chi connectivity index (χ3v) is 5.07. The highest BCUT2D eigenvalue weighted by atomic mass is 16.5. The van der Waals surface area contributed by atoms with Gasteiger partial charge in [0, 0.05) is 19.7 Å². The summed E-state index contributed by atoms with van der Waals surface area (Å²) in [6.45, 7) is 4.85. The monoisotopic (exact) mass is 364 g/mol. The van der Waals surface area contributed by atoms with Crippen LogP contribution in [0, 0.1) is 6.92 Å². The SMILES string of the molecule is CC(=O)Oc1cn(CC2CCCO2)c2nc(C)n3c4ccccc4nc3c12. The Labute approximate surface area is 155 Å². The molecule has 27 heavy (non-hydrogen) atoms. The van der Waals surface area contributed by atoms with Gasteiger partial charge in [0.15, 0.2) is 11.4 Å². The smallest absolute Gasteiger partial charge is 0.308 e. The van der Waals surface area contributed by atoms with E-state index in [0.717, 1.165) is 53.0 Å². The molecule has 1 aromatic carbocycles. The first-order valence-corrected chi connectivity index (χ1v) is 9.18. The van der Waals surface area contributed by atoms with E-state index in [1.807, 2.05) is 46.4 Å². The molecule has 1 aliphatic heterocycles. The number of esters is 1. The Morgan fingerprint density at radius 2 is 2.15 bits per heavy atom. The van der Waals surface area contributed by atoms with E-state index in [-0.39, 0.29) is 12.1 Å². The van der Waals surface area contributed by atoms with Crippen molar-refractivity contribution in [1.82, 2.24) is 18.9 Å². The average Bonchev–Trinajstić information content (AvgIpc) is 3.33. The Morgan fingerprint density at radius 1 is 1.30 bits per heavy atom. The van der Waals surface area contributed by atoms with Gasteiger partial charge < -0.3 is 14.0 Å². The van der Waals surface area contributed by atoms with Crippen molar-refractivity contribution >= 4 is 33.7 Å². The molecule has 7 heteroatoms. The van der Waals surface area contributed by atoms with Crippen molar-refractivity contribution in [2.75, 3.05) is 6.61 Å². The summed E-state index contributed by atoms with van der Waals surface area (Å²) in [7, 11) is 0. The van der Waals surface area contributed by atoms with E-state index in [9.17, 15) is 4.79 Å². The van der Waals surface area contributed by atoms with Gasteiger partial charge >= 0.3 is 5.97 Å². The van der Waals surface area contributed by atoms with Crippen LogP contribution in [-0.4, -0.2) is 37.6 Å². The second kappa shape index (κ2) is 6.06. The number of nitrogens with zero attached hydrogens (tertiary/aromatic N) is 4. The van der Waals surface area contributed by atoms with E-state index in [1.165, 1.54) is 6.92 Å². The lowest BCUT2D eigenvalue weighted by atomic mass is 10.2. The number of imidazole rings is 1. The van der Waals surface area contributed by atoms with Crippen LogP contribution in [0.15, 0.2) is 30.5 Å². The maximum atomic E-state index is 11.7. The minimum absolute atomic E-state index is 0.155. The Kier molecular flexibility index (Phi) is 3.65. The normalized spacial score (nSPS) is 17.3. The van der Waals surface area contributed by atoms with Crippen LogP contribution in [0.5, 0.6) is 5.75 Å². The van der Waals surface area contributed by atoms with Gasteiger partial charge in [0.2, 0.25) is 0 Å². The Hall–Kier alpha value is -2.93. The van der Waals surface area contributed by atoms with Crippen molar-refractivity contribution in [2.24, 2.45) is 0 Å². The highest BCUT2D eigenvalue weighted by molar-refractivity contribution is 6.00. The van der Waals surface area contributed by atoms with Crippen molar-refractivity contribution in [3.63, 3.8) is 0 Å². The third-order valence-electron chi connectivity index (χ3n) is 5.07. The molecular formula is C20H20N4O3. The van der Waals surface area contributed by atoms with Crippen molar-refractivity contribution in [2.45, 2.75) is 39.3 Å². The summed E-state index contributed by atoms with van der Waals surface area (Å²) < 4.78 is 15.3. The summed E-state index contributed by atoms with van der Waals surface area (Å²) in [4.78, 5) is 21.3. The fourth-order valence-electron chi connectivity index (χ4n) is 3.95. The number of para-hydroxylation sites is 2. The topological polar surface area (TPSA) is 70.7 Å². The summed E-state index contributed by atoms with van der Waals surface area (Å²) in [6, 6.07) is 7.94. The first-order valence-electron chi connectivity index (χ1n) is 9.18. The number of hydrogen-bond donors (Lipinski definition) is 0. The Morgan fingerprint density at radius 3 is 2.93 bits per heavy atom. The second-order valence-corrected chi connectivity index (χ2v) is 6.99. The average molecular weight is 364 g/mol. The lowest BCUT2D eigenvalue weighted by molar-refractivity contribution is -0.131. The van der Waals surface area contributed by atoms with Gasteiger partial charge in [-0.15, -0.1) is 0 Å². The lowest BCUT2D eigenvalue weighted by Gasteiger charge is -2.11. The number of hydrogen-bond acceptors (Lipinski definition) is 5. The highest BCUT2D eigenvalue weighted by Crippen LogP contribution is 2.34. The molecule has 4 aromatic rings. The Balaban J connectivity index is 1.81. The lowest BCUT2D eigenvalue weighted by Crippen LogP contribution is -2.14. The zero-order valence-corrected chi connectivity index (χ0v) is 15.3. The van der Waals surface area contributed by atoms with Crippen LogP contribution in [0.2, 0.25) is 0 Å². The van der Waals surface area contributed by atoms with E-state index in [0.29, 0.717) is 12.3 Å². The summed E-state index contributed by atoms with van der Waals surface area (Å²) in [5.74, 6) is 0.969. The van der Waals surface area contributed by atoms with Gasteiger partial charge in [-0.2, -0.15) is 0 Å². The maximum Gasteiger partial charge on any atom is 0.308 e. The van der Waals surface area contributed by atoms with Crippen LogP contribution >= 0.6 is 0 Å². The number of fused-ring (bicyclic) bond motifs is 5. The van der Waals surface area contributed by atoms with Crippen LogP contribution < -0.4 is 4.74 Å². The molecule has 7 nitrogen and oxygen atoms in total. The Bertz CT molecular complexity index is 1180. The predicted octanol–water partition coefficient (Wildman–Crippen LogP) is 3.25. The fourth-order valence-corrected chi connectivity index (χ4v) is 3.95. The van der Waals surface area contributed by atoms with Crippen molar-refractivity contribution in [1.29, 1.82) is 0 Å². The predicted molar refractivity (Wildman–Crippen MR) is 101 cm³/mol. The molecule has 1 aliphatic rings. The van der Waals surface area contributed by atoms with Gasteiger partial charge in [-0.05, 0) is 31.9 Å². The van der Waals surface area contributed by atoms with Gasteiger partial charge in [-0.3, -0.25) is 9.20 Å². The number of carbonyl (C=O) groups excluding carboxylic acids is 1. The quantitative estimate of drug-likeness (QED) is 0.522. The zero-order chi connectivity index (χ0) is 18.5. The van der Waals surface area contributed by atoms with E-state index in [1.54, 1.807) is 0 Å². The molecule has 0 N–H and O–H groups in total. The molecule has 0 aliphatic carbocycles. The van der Waals surface area contributed by atoms with E-state index in [4.69, 9.17) is 19.4 Å². The second-order valence-electron chi connectivity index (χ2n) is 6.99. The summed E-state index contributed by atoms with van der Waals surface area (Å²) in [6.07, 6.45) is 4.10. The van der Waals surface area contributed by atoms with Crippen LogP contribution in [0.3, 0.4) is 0 Å². The molecule has 1 saturated heterocycles. The summed E-state index contributed by atoms with van der Waals surface area (Å²) in [5, 5.41) is 0.755. The van der Waals surface area contributed by atoms with Gasteiger partial charge in [-0.1, -0.05) is 12.1 Å². The van der Waals surface area contributed by atoms with Gasteiger partial charge in [0.25, 0.3) is 0 Å². The summed E-state index contributed by atoms with van der Waals surface area (Å²) in [5.41, 5.74) is 3.39. The van der Waals surface area contributed by atoms with E-state index < -0.39 is 0 Å². The molecule has 0 radical (unpaired) electrons. The molecule has 4 heterocycles. The molecule has 0 bridgehead atoms. The van der Waals surface area contributed by atoms with Crippen molar-refractivity contribution in [3.8, 4) is 5.75 Å². The molecule has 3 aromatic heterocycles. The van der Waals surface area contributed by atoms with E-state index >= 15 is 0 Å². The van der Waals surface area contributed by atoms with Crippen molar-refractivity contribution < 1.29 is 14.3 Å². The minimum Gasteiger partial charge on any atom is -0.424 e. The standard InChI is InChI=1S/C20H20N4O3/c1-12-21-19-18(20-22-15-7-3-4-8-16(15)24(12)20)17(27-13(2)25)11-23(19)10-14-6-5-9-26-14/h3-4,7-8,11,14H,5-6,9-10H2,1-2H3. The first kappa shape index (κ1) is 16.3. The largest absolute Gasteiger partial charge is 0.424 e. The molecule has 0 amide bonds. The molecule has 138 valence electrons. The first-order chi connectivity index (χ1) is 13.1. The number of rotatable bonds is 3. The molecule has 1 unspecified atom stereocenters.